The Labute approximate surface area is 199 Å². The molecular weight excluding hydrogens is 452 g/mol. The molecule has 3 aromatic heterocycles. The number of thiazole rings is 2. The molecule has 164 valence electrons. The van der Waals surface area contributed by atoms with Gasteiger partial charge in [-0.25, -0.2) is 9.97 Å². The zero-order chi connectivity index (χ0) is 22.6. The number of aromatic nitrogens is 3. The first kappa shape index (κ1) is 21.2. The first-order valence-electron chi connectivity index (χ1n) is 10.3. The van der Waals surface area contributed by atoms with Crippen LogP contribution in [0.4, 0.5) is 5.13 Å². The average Bonchev–Trinajstić information content (AvgIpc) is 3.50. The molecule has 0 unspecified atom stereocenters. The van der Waals surface area contributed by atoms with Crippen molar-refractivity contribution in [2.45, 2.75) is 13.0 Å². The summed E-state index contributed by atoms with van der Waals surface area (Å²) in [6.07, 6.45) is 3.71. The first-order chi connectivity index (χ1) is 16.2. The fraction of sp³-hybridized carbons (Fsp3) is 0.120. The van der Waals surface area contributed by atoms with Gasteiger partial charge in [-0.05, 0) is 35.9 Å². The van der Waals surface area contributed by atoms with Crippen LogP contribution in [0.5, 0.6) is 5.75 Å². The van der Waals surface area contributed by atoms with E-state index in [1.54, 1.807) is 24.4 Å². The highest BCUT2D eigenvalue weighted by Crippen LogP contribution is 2.33. The molecule has 0 fully saturated rings. The fourth-order valence-corrected chi connectivity index (χ4v) is 5.25. The highest BCUT2D eigenvalue weighted by atomic mass is 32.1. The summed E-state index contributed by atoms with van der Waals surface area (Å²) >= 11 is 3.00. The smallest absolute Gasteiger partial charge is 0.235 e. The lowest BCUT2D eigenvalue weighted by Gasteiger charge is -2.19. The van der Waals surface area contributed by atoms with E-state index in [9.17, 15) is 4.79 Å². The minimum absolute atomic E-state index is 0.0482. The summed E-state index contributed by atoms with van der Waals surface area (Å²) in [6, 6.07) is 19.5. The Morgan fingerprint density at radius 2 is 1.94 bits per heavy atom. The van der Waals surface area contributed by atoms with Crippen LogP contribution in [-0.4, -0.2) is 28.0 Å². The van der Waals surface area contributed by atoms with E-state index in [1.807, 2.05) is 66.0 Å². The van der Waals surface area contributed by atoms with Gasteiger partial charge >= 0.3 is 0 Å². The van der Waals surface area contributed by atoms with E-state index >= 15 is 0 Å². The molecule has 0 aliphatic carbocycles. The van der Waals surface area contributed by atoms with Gasteiger partial charge in [0, 0.05) is 23.3 Å². The van der Waals surface area contributed by atoms with Gasteiger partial charge in [-0.3, -0.25) is 14.7 Å². The Balaban J connectivity index is 1.44. The van der Waals surface area contributed by atoms with Gasteiger partial charge in [-0.1, -0.05) is 41.7 Å². The predicted octanol–water partition coefficient (Wildman–Crippen LogP) is 5.60. The van der Waals surface area contributed by atoms with E-state index in [0.717, 1.165) is 37.8 Å². The van der Waals surface area contributed by atoms with Crippen molar-refractivity contribution in [1.82, 2.24) is 15.0 Å². The molecule has 5 aromatic rings. The highest BCUT2D eigenvalue weighted by Gasteiger charge is 2.22. The maximum atomic E-state index is 13.5. The third kappa shape index (κ3) is 4.76. The van der Waals surface area contributed by atoms with Gasteiger partial charge in [0.05, 0.1) is 36.0 Å². The second-order valence-corrected chi connectivity index (χ2v) is 9.23. The van der Waals surface area contributed by atoms with Crippen LogP contribution < -0.4 is 9.64 Å². The molecule has 0 aliphatic rings. The van der Waals surface area contributed by atoms with Crippen molar-refractivity contribution < 1.29 is 9.53 Å². The minimum atomic E-state index is -0.0482. The Morgan fingerprint density at radius 1 is 1.06 bits per heavy atom. The number of rotatable bonds is 7. The monoisotopic (exact) mass is 472 g/mol. The minimum Gasteiger partial charge on any atom is -0.497 e. The largest absolute Gasteiger partial charge is 0.497 e. The summed E-state index contributed by atoms with van der Waals surface area (Å²) in [4.78, 5) is 28.8. The summed E-state index contributed by atoms with van der Waals surface area (Å²) < 4.78 is 6.31. The topological polar surface area (TPSA) is 68.2 Å². The third-order valence-corrected chi connectivity index (χ3v) is 7.07. The van der Waals surface area contributed by atoms with E-state index in [4.69, 9.17) is 9.72 Å². The van der Waals surface area contributed by atoms with Gasteiger partial charge in [0.25, 0.3) is 0 Å². The van der Waals surface area contributed by atoms with Crippen LogP contribution >= 0.6 is 22.7 Å². The molecule has 0 radical (unpaired) electrons. The average molecular weight is 473 g/mol. The molecule has 0 N–H and O–H groups in total. The molecule has 8 heteroatoms. The van der Waals surface area contributed by atoms with Crippen LogP contribution in [0.25, 0.3) is 20.8 Å². The highest BCUT2D eigenvalue weighted by molar-refractivity contribution is 7.22. The third-order valence-electron chi connectivity index (χ3n) is 5.09. The van der Waals surface area contributed by atoms with Gasteiger partial charge in [0.1, 0.15) is 10.8 Å². The number of fused-ring (bicyclic) bond motifs is 1. The zero-order valence-corrected chi connectivity index (χ0v) is 19.5. The maximum absolute atomic E-state index is 13.5. The molecule has 6 nitrogen and oxygen atoms in total. The molecule has 0 aliphatic heterocycles. The summed E-state index contributed by atoms with van der Waals surface area (Å²) in [5, 5.41) is 3.45. The van der Waals surface area contributed by atoms with Crippen molar-refractivity contribution in [3.63, 3.8) is 0 Å². The molecule has 3 heterocycles. The van der Waals surface area contributed by atoms with Crippen LogP contribution in [0.15, 0.2) is 78.4 Å². The summed E-state index contributed by atoms with van der Waals surface area (Å²) in [6.45, 7) is 0.441. The van der Waals surface area contributed by atoms with Crippen molar-refractivity contribution >= 4 is 43.9 Å². The Bertz CT molecular complexity index is 1380. The van der Waals surface area contributed by atoms with Crippen LogP contribution in [0.2, 0.25) is 0 Å². The molecular formula is C25H20N4O2S2. The van der Waals surface area contributed by atoms with E-state index in [2.05, 4.69) is 9.97 Å². The normalized spacial score (nSPS) is 10.9. The summed E-state index contributed by atoms with van der Waals surface area (Å²) in [7, 11) is 1.64. The number of benzene rings is 2. The van der Waals surface area contributed by atoms with Crippen LogP contribution in [-0.2, 0) is 17.8 Å². The van der Waals surface area contributed by atoms with Crippen molar-refractivity contribution in [1.29, 1.82) is 0 Å². The number of nitrogens with zero attached hydrogens (tertiary/aromatic N) is 4. The van der Waals surface area contributed by atoms with Crippen molar-refractivity contribution in [3.8, 4) is 16.3 Å². The molecule has 0 bridgehead atoms. The molecule has 5 rings (SSSR count). The first-order valence-corrected chi connectivity index (χ1v) is 12.0. The van der Waals surface area contributed by atoms with E-state index in [1.165, 1.54) is 22.7 Å². The SMILES string of the molecule is COc1ccc2nc(N(Cc3ccccc3)C(=O)Cc3csc(-c4cccnc4)n3)sc2c1. The summed E-state index contributed by atoms with van der Waals surface area (Å²) in [5.41, 5.74) is 3.57. The quantitative estimate of drug-likeness (QED) is 0.308. The number of pyridine rings is 1. The van der Waals surface area contributed by atoms with E-state index < -0.39 is 0 Å². The van der Waals surface area contributed by atoms with Gasteiger partial charge in [-0.2, -0.15) is 0 Å². The molecule has 0 saturated carbocycles. The number of carbonyl (C=O) groups excluding carboxylic acids is 1. The predicted molar refractivity (Wildman–Crippen MR) is 133 cm³/mol. The molecule has 0 spiro atoms. The number of carbonyl (C=O) groups is 1. The van der Waals surface area contributed by atoms with Crippen molar-refractivity contribution in [2.24, 2.45) is 0 Å². The Kier molecular flexibility index (Phi) is 6.10. The van der Waals surface area contributed by atoms with Crippen molar-refractivity contribution in [2.75, 3.05) is 12.0 Å². The van der Waals surface area contributed by atoms with E-state index in [0.29, 0.717) is 11.7 Å². The second-order valence-electron chi connectivity index (χ2n) is 7.36. The van der Waals surface area contributed by atoms with Gasteiger partial charge < -0.3 is 4.74 Å². The second kappa shape index (κ2) is 9.48. The lowest BCUT2D eigenvalue weighted by atomic mass is 10.2. The maximum Gasteiger partial charge on any atom is 0.235 e. The molecule has 1 amide bonds. The molecule has 0 saturated heterocycles. The van der Waals surface area contributed by atoms with E-state index in [-0.39, 0.29) is 12.3 Å². The lowest BCUT2D eigenvalue weighted by molar-refractivity contribution is -0.118. The molecule has 33 heavy (non-hydrogen) atoms. The van der Waals surface area contributed by atoms with Gasteiger partial charge in [-0.15, -0.1) is 11.3 Å². The standard InChI is InChI=1S/C25H20N4O2S2/c1-31-20-9-10-21-22(13-20)33-25(28-21)29(15-17-6-3-2-4-7-17)23(30)12-19-16-32-24(27-19)18-8-5-11-26-14-18/h2-11,13-14,16H,12,15H2,1H3. The number of hydrogen-bond acceptors (Lipinski definition) is 7. The Morgan fingerprint density at radius 3 is 2.73 bits per heavy atom. The van der Waals surface area contributed by atoms with Gasteiger partial charge in [0.2, 0.25) is 5.91 Å². The number of anilines is 1. The Hall–Kier alpha value is -3.62. The lowest BCUT2D eigenvalue weighted by Crippen LogP contribution is -2.31. The van der Waals surface area contributed by atoms with Crippen LogP contribution in [0.1, 0.15) is 11.3 Å². The number of amides is 1. The van der Waals surface area contributed by atoms with Crippen LogP contribution in [0, 0.1) is 0 Å². The zero-order valence-electron chi connectivity index (χ0n) is 17.8. The number of methoxy groups -OCH3 is 1. The summed E-state index contributed by atoms with van der Waals surface area (Å²) in [5.74, 6) is 0.719. The van der Waals surface area contributed by atoms with Gasteiger partial charge in [0.15, 0.2) is 5.13 Å². The van der Waals surface area contributed by atoms with Crippen molar-refractivity contribution in [3.05, 3.63) is 89.7 Å². The number of hydrogen-bond donors (Lipinski definition) is 0. The number of ether oxygens (including phenoxy) is 1. The molecule has 2 aromatic carbocycles. The fourth-order valence-electron chi connectivity index (χ4n) is 3.42. The molecule has 0 atom stereocenters. The van der Waals surface area contributed by atoms with Crippen LogP contribution in [0.3, 0.4) is 0 Å².